The van der Waals surface area contributed by atoms with E-state index in [2.05, 4.69) is 15.6 Å². The predicted molar refractivity (Wildman–Crippen MR) is 83.0 cm³/mol. The number of rotatable bonds is 3. The number of nitrogens with zero attached hydrogens (tertiary/aromatic N) is 1. The Morgan fingerprint density at radius 3 is 2.52 bits per heavy atom. The SMILES string of the molecule is CC(C)(C)C(=O)Nc1ccc(NC2CCS(=O)(=O)C2)nc1. The van der Waals surface area contributed by atoms with Gasteiger partial charge < -0.3 is 10.6 Å². The predicted octanol–water partition coefficient (Wildman–Crippen LogP) is 1.67. The number of anilines is 2. The highest BCUT2D eigenvalue weighted by Crippen LogP contribution is 2.19. The Balaban J connectivity index is 1.95. The van der Waals surface area contributed by atoms with E-state index in [1.54, 1.807) is 18.3 Å². The molecule has 0 bridgehead atoms. The second kappa shape index (κ2) is 5.63. The van der Waals surface area contributed by atoms with Crippen molar-refractivity contribution < 1.29 is 13.2 Å². The van der Waals surface area contributed by atoms with Gasteiger partial charge in [-0.1, -0.05) is 20.8 Å². The summed E-state index contributed by atoms with van der Waals surface area (Å²) in [7, 11) is -2.90. The van der Waals surface area contributed by atoms with Crippen LogP contribution in [0.15, 0.2) is 18.3 Å². The molecule has 1 amide bonds. The molecule has 0 radical (unpaired) electrons. The molecule has 2 heterocycles. The van der Waals surface area contributed by atoms with Crippen LogP contribution in [0.5, 0.6) is 0 Å². The number of hydrogen-bond donors (Lipinski definition) is 2. The number of pyridine rings is 1. The van der Waals surface area contributed by atoms with Crippen molar-refractivity contribution in [2.45, 2.75) is 33.2 Å². The van der Waals surface area contributed by atoms with Crippen LogP contribution in [-0.2, 0) is 14.6 Å². The molecule has 0 aliphatic carbocycles. The molecule has 1 aliphatic heterocycles. The van der Waals surface area contributed by atoms with Crippen LogP contribution in [0.1, 0.15) is 27.2 Å². The summed E-state index contributed by atoms with van der Waals surface area (Å²) in [6, 6.07) is 3.41. The largest absolute Gasteiger partial charge is 0.366 e. The standard InChI is InChI=1S/C14H21N3O3S/c1-14(2,3)13(18)17-10-4-5-12(15-8-10)16-11-6-7-21(19,20)9-11/h4-5,8,11H,6-7,9H2,1-3H3,(H,15,16)(H,17,18). The van der Waals surface area contributed by atoms with E-state index in [-0.39, 0.29) is 23.5 Å². The molecule has 0 aromatic carbocycles. The summed E-state index contributed by atoms with van der Waals surface area (Å²) in [5, 5.41) is 5.89. The molecule has 1 aromatic heterocycles. The zero-order valence-electron chi connectivity index (χ0n) is 12.5. The van der Waals surface area contributed by atoms with Crippen molar-refractivity contribution in [2.24, 2.45) is 5.41 Å². The molecule has 21 heavy (non-hydrogen) atoms. The van der Waals surface area contributed by atoms with Crippen molar-refractivity contribution in [3.8, 4) is 0 Å². The van der Waals surface area contributed by atoms with E-state index in [9.17, 15) is 13.2 Å². The summed E-state index contributed by atoms with van der Waals surface area (Å²) in [4.78, 5) is 16.1. The number of sulfone groups is 1. The molecule has 1 aliphatic rings. The maximum Gasteiger partial charge on any atom is 0.229 e. The van der Waals surface area contributed by atoms with Crippen molar-refractivity contribution in [1.29, 1.82) is 0 Å². The van der Waals surface area contributed by atoms with Gasteiger partial charge >= 0.3 is 0 Å². The van der Waals surface area contributed by atoms with Crippen molar-refractivity contribution in [3.05, 3.63) is 18.3 Å². The van der Waals surface area contributed by atoms with Crippen molar-refractivity contribution >= 4 is 27.2 Å². The van der Waals surface area contributed by atoms with E-state index >= 15 is 0 Å². The highest BCUT2D eigenvalue weighted by molar-refractivity contribution is 7.91. The lowest BCUT2D eigenvalue weighted by Crippen LogP contribution is -2.27. The second-order valence-electron chi connectivity index (χ2n) is 6.38. The normalized spacial score (nSPS) is 21.0. The Hall–Kier alpha value is -1.63. The van der Waals surface area contributed by atoms with Crippen LogP contribution in [0.4, 0.5) is 11.5 Å². The highest BCUT2D eigenvalue weighted by Gasteiger charge is 2.27. The summed E-state index contributed by atoms with van der Waals surface area (Å²) in [5.74, 6) is 0.916. The Morgan fingerprint density at radius 2 is 2.05 bits per heavy atom. The van der Waals surface area contributed by atoms with Crippen LogP contribution in [0.3, 0.4) is 0 Å². The smallest absolute Gasteiger partial charge is 0.229 e. The third-order valence-electron chi connectivity index (χ3n) is 3.29. The average Bonchev–Trinajstić information content (AvgIpc) is 2.70. The highest BCUT2D eigenvalue weighted by atomic mass is 32.2. The molecule has 2 N–H and O–H groups in total. The third-order valence-corrected chi connectivity index (χ3v) is 5.05. The number of aromatic nitrogens is 1. The van der Waals surface area contributed by atoms with E-state index in [1.807, 2.05) is 20.8 Å². The molecule has 1 saturated heterocycles. The van der Waals surface area contributed by atoms with Crippen LogP contribution in [0.25, 0.3) is 0 Å². The second-order valence-corrected chi connectivity index (χ2v) is 8.61. The average molecular weight is 311 g/mol. The van der Waals surface area contributed by atoms with Crippen LogP contribution in [0.2, 0.25) is 0 Å². The lowest BCUT2D eigenvalue weighted by molar-refractivity contribution is -0.123. The number of carbonyl (C=O) groups is 1. The molecular weight excluding hydrogens is 290 g/mol. The summed E-state index contributed by atoms with van der Waals surface area (Å²) < 4.78 is 22.8. The van der Waals surface area contributed by atoms with E-state index in [0.717, 1.165) is 0 Å². The molecular formula is C14H21N3O3S. The fourth-order valence-corrected chi connectivity index (χ4v) is 3.66. The topological polar surface area (TPSA) is 88.2 Å². The zero-order valence-corrected chi connectivity index (χ0v) is 13.3. The summed E-state index contributed by atoms with van der Waals surface area (Å²) >= 11 is 0. The third kappa shape index (κ3) is 4.42. The fraction of sp³-hybridized carbons (Fsp3) is 0.571. The quantitative estimate of drug-likeness (QED) is 0.886. The molecule has 1 atom stereocenters. The van der Waals surface area contributed by atoms with E-state index in [1.165, 1.54) is 0 Å². The van der Waals surface area contributed by atoms with Gasteiger partial charge in [0.25, 0.3) is 0 Å². The van der Waals surface area contributed by atoms with Gasteiger partial charge in [0, 0.05) is 11.5 Å². The van der Waals surface area contributed by atoms with Crippen LogP contribution >= 0.6 is 0 Å². The summed E-state index contributed by atoms with van der Waals surface area (Å²) in [5.41, 5.74) is 0.161. The van der Waals surface area contributed by atoms with Crippen LogP contribution in [-0.4, -0.2) is 36.9 Å². The van der Waals surface area contributed by atoms with Gasteiger partial charge in [-0.15, -0.1) is 0 Å². The van der Waals surface area contributed by atoms with Gasteiger partial charge in [-0.05, 0) is 18.6 Å². The first kappa shape index (κ1) is 15.8. The van der Waals surface area contributed by atoms with Crippen molar-refractivity contribution in [3.63, 3.8) is 0 Å². The molecule has 1 fully saturated rings. The minimum Gasteiger partial charge on any atom is -0.366 e. The van der Waals surface area contributed by atoms with E-state index in [4.69, 9.17) is 0 Å². The number of nitrogens with one attached hydrogen (secondary N) is 2. The van der Waals surface area contributed by atoms with Crippen LogP contribution in [0, 0.1) is 5.41 Å². The lowest BCUT2D eigenvalue weighted by atomic mass is 9.96. The van der Waals surface area contributed by atoms with Crippen molar-refractivity contribution in [2.75, 3.05) is 22.1 Å². The van der Waals surface area contributed by atoms with Gasteiger partial charge in [0.2, 0.25) is 5.91 Å². The lowest BCUT2D eigenvalue weighted by Gasteiger charge is -2.18. The Labute approximate surface area is 125 Å². The first-order valence-corrected chi connectivity index (χ1v) is 8.72. The molecule has 2 rings (SSSR count). The summed E-state index contributed by atoms with van der Waals surface area (Å²) in [6.07, 6.45) is 2.17. The maximum atomic E-state index is 11.8. The number of amides is 1. The number of carbonyl (C=O) groups excluding carboxylic acids is 1. The maximum absolute atomic E-state index is 11.8. The first-order valence-electron chi connectivity index (χ1n) is 6.90. The van der Waals surface area contributed by atoms with Gasteiger partial charge in [0.05, 0.1) is 23.4 Å². The van der Waals surface area contributed by atoms with Crippen LogP contribution < -0.4 is 10.6 Å². The first-order chi connectivity index (χ1) is 9.66. The Morgan fingerprint density at radius 1 is 1.33 bits per heavy atom. The molecule has 116 valence electrons. The molecule has 0 spiro atoms. The Bertz CT molecular complexity index is 618. The van der Waals surface area contributed by atoms with Gasteiger partial charge in [-0.3, -0.25) is 4.79 Å². The van der Waals surface area contributed by atoms with Gasteiger partial charge in [0.15, 0.2) is 9.84 Å². The van der Waals surface area contributed by atoms with Crippen molar-refractivity contribution in [1.82, 2.24) is 4.98 Å². The molecule has 1 aromatic rings. The number of hydrogen-bond acceptors (Lipinski definition) is 5. The van der Waals surface area contributed by atoms with Gasteiger partial charge in [-0.2, -0.15) is 0 Å². The Kier molecular flexibility index (Phi) is 4.22. The minimum absolute atomic E-state index is 0.0769. The molecule has 6 nitrogen and oxygen atoms in total. The van der Waals surface area contributed by atoms with Gasteiger partial charge in [0.1, 0.15) is 5.82 Å². The summed E-state index contributed by atoms with van der Waals surface area (Å²) in [6.45, 7) is 5.52. The fourth-order valence-electron chi connectivity index (χ4n) is 1.99. The molecule has 0 saturated carbocycles. The monoisotopic (exact) mass is 311 g/mol. The minimum atomic E-state index is -2.90. The molecule has 7 heteroatoms. The molecule has 1 unspecified atom stereocenters. The van der Waals surface area contributed by atoms with Gasteiger partial charge in [-0.25, -0.2) is 13.4 Å². The zero-order chi connectivity index (χ0) is 15.7. The van der Waals surface area contributed by atoms with E-state index < -0.39 is 15.3 Å². The van der Waals surface area contributed by atoms with E-state index in [0.29, 0.717) is 17.9 Å².